The van der Waals surface area contributed by atoms with E-state index in [1.165, 1.54) is 49.9 Å². The van der Waals surface area contributed by atoms with E-state index in [1.54, 1.807) is 34.6 Å². The zero-order valence-electron chi connectivity index (χ0n) is 66.1. The summed E-state index contributed by atoms with van der Waals surface area (Å²) in [6.07, 6.45) is -16.4. The molecule has 111 heavy (non-hydrogen) atoms. The molecule has 8 aliphatic rings. The van der Waals surface area contributed by atoms with Crippen LogP contribution in [0.15, 0.2) is 0 Å². The molecule has 0 aromatic carbocycles. The van der Waals surface area contributed by atoms with Gasteiger partial charge in [0.15, 0.2) is 0 Å². The molecule has 5 aliphatic carbocycles. The molecule has 2 bridgehead atoms. The summed E-state index contributed by atoms with van der Waals surface area (Å²) in [7, 11) is 7.81. The van der Waals surface area contributed by atoms with Gasteiger partial charge in [0.25, 0.3) is 0 Å². The number of nitrogens with one attached hydrogen (secondary N) is 4. The molecule has 27 nitrogen and oxygen atoms in total. The summed E-state index contributed by atoms with van der Waals surface area (Å²) in [4.78, 5) is 206. The highest BCUT2D eigenvalue weighted by molar-refractivity contribution is 6.01. The molecule has 1 spiro atoms. The first kappa shape index (κ1) is 89.1. The third-order valence-corrected chi connectivity index (χ3v) is 25.1. The Hall–Kier alpha value is -7.49. The van der Waals surface area contributed by atoms with Crippen LogP contribution in [0.25, 0.3) is 0 Å². The molecule has 2 unspecified atom stereocenters. The van der Waals surface area contributed by atoms with Gasteiger partial charge in [-0.25, -0.2) is 8.78 Å². The van der Waals surface area contributed by atoms with Gasteiger partial charge in [0.2, 0.25) is 76.8 Å². The number of fused-ring (bicyclic) bond motifs is 3. The summed E-state index contributed by atoms with van der Waals surface area (Å²) in [5.41, 5.74) is -1.71. The Morgan fingerprint density at radius 3 is 1.73 bits per heavy atom. The average Bonchev–Trinajstić information content (AvgIpc) is 1.76. The van der Waals surface area contributed by atoms with E-state index in [0.29, 0.717) is 51.4 Å². The van der Waals surface area contributed by atoms with Crippen molar-refractivity contribution in [2.75, 3.05) is 94.7 Å². The van der Waals surface area contributed by atoms with E-state index in [1.807, 2.05) is 0 Å². The molecular weight excluding hydrogens is 1470 g/mol. The van der Waals surface area contributed by atoms with Gasteiger partial charge in [-0.1, -0.05) is 46.0 Å². The van der Waals surface area contributed by atoms with Crippen molar-refractivity contribution in [3.05, 3.63) is 0 Å². The first-order valence-electron chi connectivity index (χ1n) is 39.9. The Labute approximate surface area is 645 Å². The zero-order chi connectivity index (χ0) is 82.0. The first-order chi connectivity index (χ1) is 52.2. The number of halogens is 8. The van der Waals surface area contributed by atoms with Crippen molar-refractivity contribution in [2.24, 2.45) is 41.4 Å². The van der Waals surface area contributed by atoms with Crippen molar-refractivity contribution >= 4 is 76.8 Å². The van der Waals surface area contributed by atoms with Crippen LogP contribution in [-0.2, 0) is 67.1 Å². The fraction of sp³-hybridized carbons (Fsp3) is 0.829. The molecule has 35 heteroatoms. The molecule has 8 fully saturated rings. The molecule has 0 aromatic rings. The Kier molecular flexibility index (Phi) is 30.6. The lowest BCUT2D eigenvalue weighted by Gasteiger charge is -2.47. The second kappa shape index (κ2) is 38.1. The van der Waals surface area contributed by atoms with Crippen LogP contribution in [0.3, 0.4) is 0 Å². The maximum absolute atomic E-state index is 15.7. The molecule has 626 valence electrons. The monoisotopic (exact) mass is 1590 g/mol. The van der Waals surface area contributed by atoms with Gasteiger partial charge in [-0.2, -0.15) is 26.3 Å². The van der Waals surface area contributed by atoms with Crippen molar-refractivity contribution in [3.63, 3.8) is 0 Å². The van der Waals surface area contributed by atoms with Gasteiger partial charge in [-0.3, -0.25) is 62.3 Å². The van der Waals surface area contributed by atoms with Crippen molar-refractivity contribution < 1.29 is 102 Å². The quantitative estimate of drug-likeness (QED) is 0.156. The Bertz CT molecular complexity index is 3340. The lowest BCUT2D eigenvalue weighted by atomic mass is 9.74. The maximum atomic E-state index is 15.7. The van der Waals surface area contributed by atoms with Gasteiger partial charge in [-0.15, -0.1) is 0 Å². The normalized spacial score (nSPS) is 31.9. The molecule has 4 N–H and O–H groups in total. The van der Waals surface area contributed by atoms with Crippen LogP contribution >= 0.6 is 0 Å². The fourth-order valence-corrected chi connectivity index (χ4v) is 17.6. The minimum Gasteiger partial charge on any atom is -0.377 e. The third kappa shape index (κ3) is 21.5. The molecule has 3 saturated heterocycles. The maximum Gasteiger partial charge on any atom is 0.397 e. The minimum absolute atomic E-state index is 0.0205. The number of alkyl halides is 8. The third-order valence-electron chi connectivity index (χ3n) is 25.1. The van der Waals surface area contributed by atoms with E-state index in [4.69, 9.17) is 4.74 Å². The standard InChI is InChI=1S/C76H117F8N13O14/c1-12-43(5)63-71(108)90(7)42-61(101)92(9)55-38-58(98)85-31-32-96(70(55)107)57(36-45-23-26-48(27-24-45)75(79,80)81)68(105)89(6)41-59(99)86-52(28-25-46-33-50(77)62(51(78)34-46)76(82,83)84)67(104)97-40-49(111-15-4)37-54(97)66(103)88-74(29-18-30-74)73(110)94(11)64(47-19-16-17-20-47)72(109)93(10)56(69(106)95(13-2)14-3)39-60(100)91(8)53(65(102)87-63)35-44-21-22-44/h43-57,62-64H,12-42H2,1-11H3,(H,85,98)(H,86,99)(H,87,102)(H,88,103)/t43-,45?,46?,48?,49+,50?,51?,52-,53-,54-,55-,56-,57-,62?,63-,64-/m0/s1. The molecule has 3 aliphatic heterocycles. The number of rotatable bonds is 15. The Morgan fingerprint density at radius 2 is 1.18 bits per heavy atom. The second-order valence-electron chi connectivity index (χ2n) is 32.5. The van der Waals surface area contributed by atoms with Gasteiger partial charge in [0.1, 0.15) is 72.1 Å². The largest absolute Gasteiger partial charge is 0.397 e. The summed E-state index contributed by atoms with van der Waals surface area (Å²) in [5.74, 6) is -18.2. The predicted molar refractivity (Wildman–Crippen MR) is 387 cm³/mol. The summed E-state index contributed by atoms with van der Waals surface area (Å²) >= 11 is 0. The summed E-state index contributed by atoms with van der Waals surface area (Å²) in [6, 6.07) is -11.9. The summed E-state index contributed by atoms with van der Waals surface area (Å²) in [6.45, 7) is 6.26. The number of likely N-dealkylation sites (N-methyl/N-ethyl adjacent to an activating group) is 7. The smallest absolute Gasteiger partial charge is 0.377 e. The van der Waals surface area contributed by atoms with E-state index in [9.17, 15) is 50.3 Å². The topological polar surface area (TPSA) is 308 Å². The summed E-state index contributed by atoms with van der Waals surface area (Å²) in [5, 5.41) is 11.1. The van der Waals surface area contributed by atoms with Gasteiger partial charge in [0, 0.05) is 88.0 Å². The van der Waals surface area contributed by atoms with Crippen molar-refractivity contribution in [1.29, 1.82) is 0 Å². The first-order valence-corrected chi connectivity index (χ1v) is 39.9. The second-order valence-corrected chi connectivity index (χ2v) is 32.5. The van der Waals surface area contributed by atoms with Gasteiger partial charge >= 0.3 is 12.4 Å². The molecule has 12 atom stereocenters. The highest BCUT2D eigenvalue weighted by Crippen LogP contribution is 2.46. The minimum atomic E-state index is -5.23. The number of hydrogen-bond donors (Lipinski definition) is 4. The van der Waals surface area contributed by atoms with Crippen LogP contribution in [0.2, 0.25) is 0 Å². The van der Waals surface area contributed by atoms with Crippen LogP contribution in [0, 0.1) is 41.4 Å². The highest BCUT2D eigenvalue weighted by Gasteiger charge is 2.57. The van der Waals surface area contributed by atoms with Crippen LogP contribution in [0.1, 0.15) is 182 Å². The molecule has 13 amide bonds. The molecule has 8 rings (SSSR count). The van der Waals surface area contributed by atoms with Crippen LogP contribution in [0.5, 0.6) is 0 Å². The van der Waals surface area contributed by atoms with Gasteiger partial charge in [0.05, 0.1) is 38.0 Å². The predicted octanol–water partition coefficient (Wildman–Crippen LogP) is 5.06. The number of hydrogen-bond acceptors (Lipinski definition) is 14. The lowest BCUT2D eigenvalue weighted by molar-refractivity contribution is -0.219. The molecule has 3 heterocycles. The number of carbonyl (C=O) groups excluding carboxylic acids is 13. The van der Waals surface area contributed by atoms with E-state index in [0.717, 1.165) is 36.4 Å². The highest BCUT2D eigenvalue weighted by atomic mass is 19.4. The number of nitrogens with zero attached hydrogens (tertiary/aromatic N) is 9. The molecule has 5 saturated carbocycles. The SMILES string of the molecule is CCO[C@@H]1C[C@H]2C(=O)NC3(CCC3)C(=O)N(C)[C@@H](C3CCCC3)C(=O)N(C)[C@H](C(=O)N(CC)CC)CC(=O)N(C)[C@@H](CC3CC3)C(=O)N[C@@H]([C@@H](C)CC)C(=O)N(C)CC(=O)N(C)[C@H]3CC(=O)NCCN(C3=O)[C@@H](CC3CCC(C(F)(F)F)CC3)C(=O)N(C)CC(=O)N[C@@H](CCC3CC(F)C(C(F)(F)F)C(F)C3)C(=O)N2C1. The van der Waals surface area contributed by atoms with E-state index < -0.39 is 249 Å². The van der Waals surface area contributed by atoms with Crippen LogP contribution in [-0.4, -0.2) is 300 Å². The zero-order valence-corrected chi connectivity index (χ0v) is 66.1. The van der Waals surface area contributed by atoms with Crippen molar-refractivity contribution in [3.8, 4) is 0 Å². The van der Waals surface area contributed by atoms with E-state index in [2.05, 4.69) is 21.3 Å². The molecule has 0 radical (unpaired) electrons. The van der Waals surface area contributed by atoms with E-state index >= 15 is 47.1 Å². The van der Waals surface area contributed by atoms with Crippen LogP contribution in [0.4, 0.5) is 35.1 Å². The van der Waals surface area contributed by atoms with Gasteiger partial charge < -0.3 is 70.1 Å². The summed E-state index contributed by atoms with van der Waals surface area (Å²) < 4.78 is 121. The van der Waals surface area contributed by atoms with Crippen LogP contribution < -0.4 is 21.3 Å². The Balaban J connectivity index is 1.21. The fourth-order valence-electron chi connectivity index (χ4n) is 17.6. The molecule has 0 aromatic heterocycles. The number of ether oxygens (including phenoxy) is 1. The van der Waals surface area contributed by atoms with Crippen molar-refractivity contribution in [1.82, 2.24) is 65.4 Å². The molecular formula is C76H117F8N13O14. The average molecular weight is 1590 g/mol. The van der Waals surface area contributed by atoms with Crippen molar-refractivity contribution in [2.45, 2.75) is 267 Å². The Morgan fingerprint density at radius 1 is 0.586 bits per heavy atom. The number of carbonyl (C=O) groups is 13. The number of amides is 13. The van der Waals surface area contributed by atoms with Gasteiger partial charge in [-0.05, 0) is 147 Å². The lowest BCUT2D eigenvalue weighted by Crippen LogP contribution is -2.68. The van der Waals surface area contributed by atoms with E-state index in [-0.39, 0.29) is 103 Å².